The fraction of sp³-hybridized carbons (Fsp3) is 1.00. The van der Waals surface area contributed by atoms with E-state index in [0.717, 1.165) is 13.0 Å². The van der Waals surface area contributed by atoms with Gasteiger partial charge in [-0.1, -0.05) is 64.7 Å². The molecule has 0 fully saturated rings. The monoisotopic (exact) mass is 307 g/mol. The molecule has 5 heteroatoms. The van der Waals surface area contributed by atoms with E-state index < -0.39 is 10.1 Å². The van der Waals surface area contributed by atoms with Crippen LogP contribution in [-0.2, 0) is 14.3 Å². The summed E-state index contributed by atoms with van der Waals surface area (Å²) in [6.07, 6.45) is 13.2. The van der Waals surface area contributed by atoms with E-state index in [4.69, 9.17) is 0 Å². The zero-order valence-corrected chi connectivity index (χ0v) is 14.1. The normalized spacial score (nSPS) is 11.9. The Morgan fingerprint density at radius 2 is 1.30 bits per heavy atom. The lowest BCUT2D eigenvalue weighted by Crippen LogP contribution is -2.24. The third-order valence-corrected chi connectivity index (χ3v) is 4.70. The molecule has 0 spiro atoms. The van der Waals surface area contributed by atoms with Crippen LogP contribution in [-0.4, -0.2) is 34.4 Å². The van der Waals surface area contributed by atoms with Gasteiger partial charge in [0.1, 0.15) is 0 Å². The van der Waals surface area contributed by atoms with E-state index in [2.05, 4.69) is 16.4 Å². The summed E-state index contributed by atoms with van der Waals surface area (Å²) < 4.78 is 26.5. The van der Waals surface area contributed by atoms with Crippen LogP contribution in [0.1, 0.15) is 71.1 Å². The maximum atomic E-state index is 11.0. The van der Waals surface area contributed by atoms with Gasteiger partial charge in [0.25, 0.3) is 10.1 Å². The first-order chi connectivity index (χ1) is 9.62. The molecule has 0 amide bonds. The first-order valence-corrected chi connectivity index (χ1v) is 9.69. The SMILES string of the molecule is CCCCCCCCCCCCNCCS(=O)(=O)OC. The van der Waals surface area contributed by atoms with Crippen molar-refractivity contribution in [3.05, 3.63) is 0 Å². The van der Waals surface area contributed by atoms with Gasteiger partial charge in [-0.05, 0) is 13.0 Å². The highest BCUT2D eigenvalue weighted by Crippen LogP contribution is 2.10. The molecule has 0 heterocycles. The molecule has 0 aliphatic carbocycles. The van der Waals surface area contributed by atoms with Crippen LogP contribution in [0.2, 0.25) is 0 Å². The molecule has 0 rings (SSSR count). The first-order valence-electron chi connectivity index (χ1n) is 8.11. The van der Waals surface area contributed by atoms with Gasteiger partial charge in [-0.25, -0.2) is 0 Å². The summed E-state index contributed by atoms with van der Waals surface area (Å²) in [5, 5.41) is 3.14. The maximum Gasteiger partial charge on any atom is 0.268 e. The summed E-state index contributed by atoms with van der Waals surface area (Å²) in [5.74, 6) is 0.0568. The molecule has 20 heavy (non-hydrogen) atoms. The van der Waals surface area contributed by atoms with Gasteiger partial charge in [-0.15, -0.1) is 0 Å². The fourth-order valence-electron chi connectivity index (χ4n) is 2.14. The minimum Gasteiger partial charge on any atom is -0.316 e. The Bertz CT molecular complexity index is 291. The molecular weight excluding hydrogens is 274 g/mol. The third-order valence-electron chi connectivity index (χ3n) is 3.49. The molecule has 0 aromatic carbocycles. The van der Waals surface area contributed by atoms with E-state index in [1.807, 2.05) is 0 Å². The smallest absolute Gasteiger partial charge is 0.268 e. The Balaban J connectivity index is 3.10. The van der Waals surface area contributed by atoms with E-state index in [1.165, 1.54) is 64.9 Å². The van der Waals surface area contributed by atoms with E-state index in [-0.39, 0.29) is 5.75 Å². The van der Waals surface area contributed by atoms with Gasteiger partial charge in [0.15, 0.2) is 0 Å². The van der Waals surface area contributed by atoms with Gasteiger partial charge in [0.2, 0.25) is 0 Å². The molecule has 0 atom stereocenters. The lowest BCUT2D eigenvalue weighted by Gasteiger charge is -2.05. The lowest BCUT2D eigenvalue weighted by molar-refractivity contribution is 0.396. The molecule has 1 N–H and O–H groups in total. The van der Waals surface area contributed by atoms with Crippen molar-refractivity contribution >= 4 is 10.1 Å². The van der Waals surface area contributed by atoms with Crippen molar-refractivity contribution in [2.45, 2.75) is 71.1 Å². The van der Waals surface area contributed by atoms with Crippen molar-refractivity contribution in [3.63, 3.8) is 0 Å². The number of rotatable bonds is 15. The summed E-state index contributed by atoms with van der Waals surface area (Å²) >= 11 is 0. The van der Waals surface area contributed by atoms with Crippen LogP contribution >= 0.6 is 0 Å². The van der Waals surface area contributed by atoms with E-state index in [9.17, 15) is 8.42 Å². The van der Waals surface area contributed by atoms with Gasteiger partial charge in [0, 0.05) is 6.54 Å². The minimum absolute atomic E-state index is 0.0568. The van der Waals surface area contributed by atoms with Gasteiger partial charge < -0.3 is 5.32 Å². The molecule has 0 unspecified atom stereocenters. The summed E-state index contributed by atoms with van der Waals surface area (Å²) in [7, 11) is -2.09. The van der Waals surface area contributed by atoms with Crippen LogP contribution in [0.5, 0.6) is 0 Å². The molecule has 0 radical (unpaired) electrons. The van der Waals surface area contributed by atoms with Crippen molar-refractivity contribution in [1.29, 1.82) is 0 Å². The lowest BCUT2D eigenvalue weighted by atomic mass is 10.1. The highest BCUT2D eigenvalue weighted by atomic mass is 32.2. The predicted molar refractivity (Wildman–Crippen MR) is 85.5 cm³/mol. The molecule has 122 valence electrons. The van der Waals surface area contributed by atoms with Gasteiger partial charge in [-0.3, -0.25) is 4.18 Å². The molecule has 0 bridgehead atoms. The molecule has 0 saturated carbocycles. The molecule has 0 aromatic rings. The largest absolute Gasteiger partial charge is 0.316 e. The number of hydrogen-bond acceptors (Lipinski definition) is 4. The number of unbranched alkanes of at least 4 members (excludes halogenated alkanes) is 9. The summed E-state index contributed by atoms with van der Waals surface area (Å²) in [6.45, 7) is 3.63. The second-order valence-electron chi connectivity index (χ2n) is 5.36. The quantitative estimate of drug-likeness (QED) is 0.372. The Morgan fingerprint density at radius 1 is 0.800 bits per heavy atom. The van der Waals surface area contributed by atoms with Crippen LogP contribution in [0, 0.1) is 0 Å². The van der Waals surface area contributed by atoms with Crippen LogP contribution < -0.4 is 5.32 Å². The summed E-state index contributed by atoms with van der Waals surface area (Å²) in [4.78, 5) is 0. The van der Waals surface area contributed by atoms with Crippen molar-refractivity contribution in [2.24, 2.45) is 0 Å². The van der Waals surface area contributed by atoms with Crippen LogP contribution in [0.15, 0.2) is 0 Å². The molecule has 4 nitrogen and oxygen atoms in total. The molecule has 0 saturated heterocycles. The second-order valence-corrected chi connectivity index (χ2v) is 7.22. The van der Waals surface area contributed by atoms with Crippen LogP contribution in [0.4, 0.5) is 0 Å². The van der Waals surface area contributed by atoms with Crippen molar-refractivity contribution in [2.75, 3.05) is 26.0 Å². The van der Waals surface area contributed by atoms with Crippen LogP contribution in [0.3, 0.4) is 0 Å². The van der Waals surface area contributed by atoms with Crippen molar-refractivity contribution in [1.82, 2.24) is 5.32 Å². The molecule has 0 aromatic heterocycles. The predicted octanol–water partition coefficient (Wildman–Crippen LogP) is 3.47. The topological polar surface area (TPSA) is 55.4 Å². The summed E-state index contributed by atoms with van der Waals surface area (Å²) in [5.41, 5.74) is 0. The number of nitrogens with one attached hydrogen (secondary N) is 1. The Morgan fingerprint density at radius 3 is 1.80 bits per heavy atom. The average molecular weight is 308 g/mol. The first kappa shape index (κ1) is 19.9. The molecule has 0 aliphatic rings. The zero-order valence-electron chi connectivity index (χ0n) is 13.3. The van der Waals surface area contributed by atoms with E-state index >= 15 is 0 Å². The van der Waals surface area contributed by atoms with E-state index in [0.29, 0.717) is 6.54 Å². The van der Waals surface area contributed by atoms with Crippen molar-refractivity contribution in [3.8, 4) is 0 Å². The highest BCUT2D eigenvalue weighted by molar-refractivity contribution is 7.86. The minimum atomic E-state index is -3.30. The number of hydrogen-bond donors (Lipinski definition) is 1. The molecule has 0 aliphatic heterocycles. The fourth-order valence-corrected chi connectivity index (χ4v) is 2.70. The maximum absolute atomic E-state index is 11.0. The van der Waals surface area contributed by atoms with E-state index in [1.54, 1.807) is 0 Å². The Kier molecular flexibility index (Phi) is 13.7. The zero-order chi connectivity index (χ0) is 15.1. The molecular formula is C15H33NO3S. The van der Waals surface area contributed by atoms with Gasteiger partial charge >= 0.3 is 0 Å². The second kappa shape index (κ2) is 13.8. The third kappa shape index (κ3) is 14.3. The van der Waals surface area contributed by atoms with Crippen LogP contribution in [0.25, 0.3) is 0 Å². The highest BCUT2D eigenvalue weighted by Gasteiger charge is 2.06. The average Bonchev–Trinajstić information content (AvgIpc) is 2.44. The Labute approximate surface area is 125 Å². The Hall–Kier alpha value is -0.130. The van der Waals surface area contributed by atoms with Gasteiger partial charge in [0.05, 0.1) is 12.9 Å². The van der Waals surface area contributed by atoms with Crippen molar-refractivity contribution < 1.29 is 12.6 Å². The summed E-state index contributed by atoms with van der Waals surface area (Å²) in [6, 6.07) is 0. The standard InChI is InChI=1S/C15H33NO3S/c1-3-4-5-6-7-8-9-10-11-12-13-16-14-15-20(17,18)19-2/h16H,3-15H2,1-2H3. The van der Waals surface area contributed by atoms with Gasteiger partial charge in [-0.2, -0.15) is 8.42 Å².